The van der Waals surface area contributed by atoms with Gasteiger partial charge in [0.2, 0.25) is 0 Å². The summed E-state index contributed by atoms with van der Waals surface area (Å²) in [6.07, 6.45) is -0.577. The van der Waals surface area contributed by atoms with E-state index in [2.05, 4.69) is 5.32 Å². The summed E-state index contributed by atoms with van der Waals surface area (Å²) in [6.45, 7) is 0.683. The summed E-state index contributed by atoms with van der Waals surface area (Å²) >= 11 is 0. The Kier molecular flexibility index (Phi) is 5.48. The molecule has 0 aliphatic heterocycles. The molecule has 0 unspecified atom stereocenters. The van der Waals surface area contributed by atoms with E-state index in [-0.39, 0.29) is 6.61 Å². The number of ether oxygens (including phenoxy) is 2. The lowest BCUT2D eigenvalue weighted by molar-refractivity contribution is 0.109. The van der Waals surface area contributed by atoms with Crippen molar-refractivity contribution >= 4 is 10.9 Å². The maximum Gasteiger partial charge on any atom is 0.131 e. The molecule has 3 aromatic rings. The molecule has 1 aromatic heterocycles. The summed E-state index contributed by atoms with van der Waals surface area (Å²) in [5, 5.41) is 13.7. The molecule has 5 nitrogen and oxygen atoms in total. The second-order valence-corrected chi connectivity index (χ2v) is 5.78. The Hall–Kier alpha value is -2.63. The van der Waals surface area contributed by atoms with E-state index in [1.807, 2.05) is 54.6 Å². The van der Waals surface area contributed by atoms with Crippen molar-refractivity contribution in [2.75, 3.05) is 27.3 Å². The molecule has 0 amide bonds. The first kappa shape index (κ1) is 17.2. The van der Waals surface area contributed by atoms with Crippen LogP contribution in [0, 0.1) is 0 Å². The second kappa shape index (κ2) is 7.96. The molecule has 0 saturated heterocycles. The van der Waals surface area contributed by atoms with Gasteiger partial charge in [0.25, 0.3) is 0 Å². The molecule has 1 heterocycles. The van der Waals surface area contributed by atoms with Crippen molar-refractivity contribution in [3.8, 4) is 22.8 Å². The topological polar surface area (TPSA) is 63.6 Å². The second-order valence-electron chi connectivity index (χ2n) is 5.78. The lowest BCUT2D eigenvalue weighted by Crippen LogP contribution is -2.29. The number of fused-ring (bicyclic) bond motifs is 1. The highest BCUT2D eigenvalue weighted by molar-refractivity contribution is 5.89. The molecule has 2 aromatic carbocycles. The van der Waals surface area contributed by atoms with Gasteiger partial charge < -0.3 is 19.9 Å². The number of methoxy groups -OCH3 is 1. The number of hydrogen-bond acceptors (Lipinski definition) is 5. The van der Waals surface area contributed by atoms with Gasteiger partial charge in [0.05, 0.1) is 18.3 Å². The van der Waals surface area contributed by atoms with E-state index in [1.54, 1.807) is 14.2 Å². The van der Waals surface area contributed by atoms with Gasteiger partial charge in [0.15, 0.2) is 0 Å². The van der Waals surface area contributed by atoms with Crippen LogP contribution in [0.3, 0.4) is 0 Å². The minimum Gasteiger partial charge on any atom is -0.497 e. The molecule has 0 aliphatic carbocycles. The molecule has 1 atom stereocenters. The summed E-state index contributed by atoms with van der Waals surface area (Å²) in [4.78, 5) is 4.74. The summed E-state index contributed by atoms with van der Waals surface area (Å²) in [5.74, 6) is 1.44. The third-order valence-electron chi connectivity index (χ3n) is 3.92. The average molecular weight is 338 g/mol. The number of aliphatic hydroxyl groups excluding tert-OH is 1. The number of nitrogens with zero attached hydrogens (tertiary/aromatic N) is 1. The zero-order valence-corrected chi connectivity index (χ0v) is 14.4. The molecule has 25 heavy (non-hydrogen) atoms. The Bertz CT molecular complexity index is 837. The Morgan fingerprint density at radius 2 is 1.92 bits per heavy atom. The van der Waals surface area contributed by atoms with E-state index in [1.165, 1.54) is 0 Å². The van der Waals surface area contributed by atoms with Crippen molar-refractivity contribution in [3.05, 3.63) is 54.6 Å². The van der Waals surface area contributed by atoms with Crippen LogP contribution in [0.2, 0.25) is 0 Å². The van der Waals surface area contributed by atoms with Crippen molar-refractivity contribution in [2.24, 2.45) is 0 Å². The number of aliphatic hydroxyl groups is 1. The zero-order valence-electron chi connectivity index (χ0n) is 14.4. The van der Waals surface area contributed by atoms with Crippen LogP contribution >= 0.6 is 0 Å². The molecule has 0 fully saturated rings. The smallest absolute Gasteiger partial charge is 0.131 e. The fourth-order valence-electron chi connectivity index (χ4n) is 2.66. The van der Waals surface area contributed by atoms with Crippen molar-refractivity contribution in [2.45, 2.75) is 6.10 Å². The molecule has 0 bridgehead atoms. The Balaban J connectivity index is 2.03. The molecule has 5 heteroatoms. The normalized spacial score (nSPS) is 12.1. The molecule has 0 saturated carbocycles. The van der Waals surface area contributed by atoms with Crippen LogP contribution in [0.15, 0.2) is 54.6 Å². The van der Waals surface area contributed by atoms with Gasteiger partial charge >= 0.3 is 0 Å². The van der Waals surface area contributed by atoms with Gasteiger partial charge in [-0.25, -0.2) is 4.98 Å². The maximum atomic E-state index is 9.93. The molecular weight excluding hydrogens is 316 g/mol. The van der Waals surface area contributed by atoms with E-state index in [0.717, 1.165) is 27.9 Å². The third kappa shape index (κ3) is 4.07. The van der Waals surface area contributed by atoms with Crippen LogP contribution in [0.5, 0.6) is 11.5 Å². The number of nitrogens with one attached hydrogen (secondary N) is 1. The van der Waals surface area contributed by atoms with E-state index in [0.29, 0.717) is 12.3 Å². The number of aromatic nitrogens is 1. The van der Waals surface area contributed by atoms with E-state index in [4.69, 9.17) is 14.5 Å². The van der Waals surface area contributed by atoms with Gasteiger partial charge in [-0.15, -0.1) is 0 Å². The number of rotatable bonds is 7. The number of pyridine rings is 1. The predicted octanol–water partition coefficient (Wildman–Crippen LogP) is 2.87. The number of likely N-dealkylation sites (N-methyl/N-ethyl adjacent to an activating group) is 1. The number of hydrogen-bond donors (Lipinski definition) is 2. The zero-order chi connectivity index (χ0) is 17.6. The monoisotopic (exact) mass is 338 g/mol. The molecule has 130 valence electrons. The van der Waals surface area contributed by atoms with E-state index >= 15 is 0 Å². The SMILES string of the molecule is CNC[C@H](O)COc1cc(-c2ccccc2)nc2cc(OC)ccc12. The first-order chi connectivity index (χ1) is 12.2. The minimum absolute atomic E-state index is 0.209. The maximum absolute atomic E-state index is 9.93. The molecular formula is C20H22N2O3. The minimum atomic E-state index is -0.577. The van der Waals surface area contributed by atoms with E-state index in [9.17, 15) is 5.11 Å². The largest absolute Gasteiger partial charge is 0.497 e. The van der Waals surface area contributed by atoms with Crippen LogP contribution in [-0.4, -0.2) is 43.5 Å². The van der Waals surface area contributed by atoms with Crippen molar-refractivity contribution in [1.29, 1.82) is 0 Å². The van der Waals surface area contributed by atoms with Gasteiger partial charge in [-0.3, -0.25) is 0 Å². The molecule has 0 spiro atoms. The Morgan fingerprint density at radius 1 is 1.12 bits per heavy atom. The quantitative estimate of drug-likeness (QED) is 0.693. The molecule has 0 aliphatic rings. The van der Waals surface area contributed by atoms with Crippen LogP contribution in [0.25, 0.3) is 22.2 Å². The first-order valence-corrected chi connectivity index (χ1v) is 8.21. The highest BCUT2D eigenvalue weighted by Crippen LogP contribution is 2.32. The lowest BCUT2D eigenvalue weighted by atomic mass is 10.1. The van der Waals surface area contributed by atoms with Crippen LogP contribution in [-0.2, 0) is 0 Å². The van der Waals surface area contributed by atoms with Crippen LogP contribution in [0.4, 0.5) is 0 Å². The lowest BCUT2D eigenvalue weighted by Gasteiger charge is -2.15. The Labute approximate surface area is 147 Å². The van der Waals surface area contributed by atoms with Crippen LogP contribution in [0.1, 0.15) is 0 Å². The van der Waals surface area contributed by atoms with Gasteiger partial charge in [-0.05, 0) is 19.2 Å². The predicted molar refractivity (Wildman–Crippen MR) is 99.2 cm³/mol. The summed E-state index contributed by atoms with van der Waals surface area (Å²) in [6, 6.07) is 17.5. The standard InChI is InChI=1S/C20H22N2O3/c1-21-12-15(23)13-25-20-11-18(14-6-4-3-5-7-14)22-19-10-16(24-2)8-9-17(19)20/h3-11,15,21,23H,12-13H2,1-2H3/t15-/m0/s1. The summed E-state index contributed by atoms with van der Waals surface area (Å²) in [7, 11) is 3.43. The van der Waals surface area contributed by atoms with Gasteiger partial charge in [-0.1, -0.05) is 30.3 Å². The number of benzene rings is 2. The first-order valence-electron chi connectivity index (χ1n) is 8.21. The van der Waals surface area contributed by atoms with E-state index < -0.39 is 6.10 Å². The highest BCUT2D eigenvalue weighted by atomic mass is 16.5. The van der Waals surface area contributed by atoms with Gasteiger partial charge in [0, 0.05) is 29.6 Å². The van der Waals surface area contributed by atoms with Crippen molar-refractivity contribution in [3.63, 3.8) is 0 Å². The van der Waals surface area contributed by atoms with Crippen molar-refractivity contribution < 1.29 is 14.6 Å². The van der Waals surface area contributed by atoms with Crippen LogP contribution < -0.4 is 14.8 Å². The summed E-state index contributed by atoms with van der Waals surface area (Å²) < 4.78 is 11.2. The fourth-order valence-corrected chi connectivity index (χ4v) is 2.66. The molecule has 2 N–H and O–H groups in total. The van der Waals surface area contributed by atoms with Gasteiger partial charge in [0.1, 0.15) is 24.2 Å². The van der Waals surface area contributed by atoms with Crippen molar-refractivity contribution in [1.82, 2.24) is 10.3 Å². The van der Waals surface area contributed by atoms with Gasteiger partial charge in [-0.2, -0.15) is 0 Å². The Morgan fingerprint density at radius 3 is 2.64 bits per heavy atom. The summed E-state index contributed by atoms with van der Waals surface area (Å²) in [5.41, 5.74) is 2.62. The molecule has 3 rings (SSSR count). The fraction of sp³-hybridized carbons (Fsp3) is 0.250. The highest BCUT2D eigenvalue weighted by Gasteiger charge is 2.11. The average Bonchev–Trinajstić information content (AvgIpc) is 2.66. The molecule has 0 radical (unpaired) electrons. The third-order valence-corrected chi connectivity index (χ3v) is 3.92.